The summed E-state index contributed by atoms with van der Waals surface area (Å²) in [7, 11) is 0. The molecule has 0 amide bonds. The summed E-state index contributed by atoms with van der Waals surface area (Å²) < 4.78 is 5.90. The highest BCUT2D eigenvalue weighted by Gasteiger charge is 2.22. The molecule has 2 rings (SSSR count). The lowest BCUT2D eigenvalue weighted by Gasteiger charge is -2.18. The van der Waals surface area contributed by atoms with Gasteiger partial charge in [0.15, 0.2) is 5.78 Å². The maximum atomic E-state index is 13.0. The van der Waals surface area contributed by atoms with Crippen molar-refractivity contribution in [3.63, 3.8) is 0 Å². The van der Waals surface area contributed by atoms with E-state index < -0.39 is 0 Å². The zero-order valence-corrected chi connectivity index (χ0v) is 14.5. The Morgan fingerprint density at radius 3 is 2.52 bits per heavy atom. The van der Waals surface area contributed by atoms with Gasteiger partial charge in [-0.1, -0.05) is 44.5 Å². The van der Waals surface area contributed by atoms with Crippen molar-refractivity contribution in [1.29, 1.82) is 0 Å². The Morgan fingerprint density at radius 2 is 1.91 bits per heavy atom. The lowest BCUT2D eigenvalue weighted by Crippen LogP contribution is -2.11. The van der Waals surface area contributed by atoms with Crippen LogP contribution in [0.15, 0.2) is 36.4 Å². The normalized spacial score (nSPS) is 10.8. The molecule has 0 saturated heterocycles. The molecule has 0 aliphatic heterocycles. The Labute approximate surface area is 142 Å². The maximum Gasteiger partial charge on any atom is 0.198 e. The van der Waals surface area contributed by atoms with E-state index in [9.17, 15) is 4.79 Å². The molecule has 0 bridgehead atoms. The molecule has 0 heterocycles. The molecule has 0 saturated carbocycles. The third-order valence-corrected chi connectivity index (χ3v) is 3.82. The first-order valence-electron chi connectivity index (χ1n) is 7.81. The van der Waals surface area contributed by atoms with Gasteiger partial charge >= 0.3 is 0 Å². The molecule has 0 aromatic heterocycles. The van der Waals surface area contributed by atoms with Gasteiger partial charge in [-0.15, -0.1) is 0 Å². The molecule has 23 heavy (non-hydrogen) atoms. The van der Waals surface area contributed by atoms with Crippen molar-refractivity contribution in [2.75, 3.05) is 12.3 Å². The van der Waals surface area contributed by atoms with E-state index in [-0.39, 0.29) is 11.7 Å². The molecule has 0 aliphatic rings. The number of halogens is 1. The number of carbonyl (C=O) groups excluding carboxylic acids is 1. The van der Waals surface area contributed by atoms with Gasteiger partial charge in [0.1, 0.15) is 5.75 Å². The number of anilines is 1. The molecule has 3 nitrogen and oxygen atoms in total. The van der Waals surface area contributed by atoms with Crippen LogP contribution in [0.4, 0.5) is 5.69 Å². The first-order valence-corrected chi connectivity index (χ1v) is 8.19. The van der Waals surface area contributed by atoms with Crippen LogP contribution in [-0.4, -0.2) is 12.4 Å². The molecule has 0 aliphatic carbocycles. The number of hydrogen-bond acceptors (Lipinski definition) is 3. The van der Waals surface area contributed by atoms with E-state index in [4.69, 9.17) is 22.1 Å². The first kappa shape index (κ1) is 17.4. The Kier molecular flexibility index (Phi) is 5.67. The van der Waals surface area contributed by atoms with Gasteiger partial charge in [-0.3, -0.25) is 4.79 Å². The summed E-state index contributed by atoms with van der Waals surface area (Å²) in [5.74, 6) is 0.637. The summed E-state index contributed by atoms with van der Waals surface area (Å²) in [4.78, 5) is 13.0. The van der Waals surface area contributed by atoms with Crippen molar-refractivity contribution >= 4 is 23.1 Å². The van der Waals surface area contributed by atoms with Gasteiger partial charge < -0.3 is 10.5 Å². The number of nitrogens with two attached hydrogens (primary N) is 1. The van der Waals surface area contributed by atoms with Gasteiger partial charge in [0.2, 0.25) is 0 Å². The minimum atomic E-state index is -0.168. The predicted octanol–water partition coefficient (Wildman–Crippen LogP) is 5.07. The van der Waals surface area contributed by atoms with E-state index in [0.717, 1.165) is 12.0 Å². The molecular weight excluding hydrogens is 310 g/mol. The third kappa shape index (κ3) is 3.85. The van der Waals surface area contributed by atoms with Crippen LogP contribution >= 0.6 is 11.6 Å². The predicted molar refractivity (Wildman–Crippen MR) is 95.6 cm³/mol. The van der Waals surface area contributed by atoms with Crippen LogP contribution in [0.2, 0.25) is 5.02 Å². The number of para-hydroxylation sites is 1. The van der Waals surface area contributed by atoms with Crippen molar-refractivity contribution < 1.29 is 9.53 Å². The standard InChI is InChI=1S/C19H22ClNO2/c1-4-9-23-19-15(12(2)3)10-13(20)11-16(19)18(22)14-7-5-6-8-17(14)21/h5-8,10-12H,4,9,21H2,1-3H3. The topological polar surface area (TPSA) is 52.3 Å². The minimum absolute atomic E-state index is 0.168. The quantitative estimate of drug-likeness (QED) is 0.594. The van der Waals surface area contributed by atoms with Crippen molar-refractivity contribution in [2.45, 2.75) is 33.1 Å². The smallest absolute Gasteiger partial charge is 0.198 e. The Bertz CT molecular complexity index is 711. The van der Waals surface area contributed by atoms with Crippen LogP contribution in [0.25, 0.3) is 0 Å². The lowest BCUT2D eigenvalue weighted by atomic mass is 9.94. The largest absolute Gasteiger partial charge is 0.493 e. The van der Waals surface area contributed by atoms with Crippen LogP contribution < -0.4 is 10.5 Å². The van der Waals surface area contributed by atoms with E-state index >= 15 is 0 Å². The van der Waals surface area contributed by atoms with Crippen molar-refractivity contribution in [3.8, 4) is 5.75 Å². The van der Waals surface area contributed by atoms with Crippen LogP contribution in [0, 0.1) is 0 Å². The summed E-state index contributed by atoms with van der Waals surface area (Å²) >= 11 is 6.23. The number of ketones is 1. The Morgan fingerprint density at radius 1 is 1.22 bits per heavy atom. The van der Waals surface area contributed by atoms with Crippen LogP contribution in [0.5, 0.6) is 5.75 Å². The second-order valence-corrected chi connectivity index (χ2v) is 6.23. The van der Waals surface area contributed by atoms with Crippen LogP contribution in [0.3, 0.4) is 0 Å². The highest BCUT2D eigenvalue weighted by Crippen LogP contribution is 2.35. The Hall–Kier alpha value is -2.00. The fourth-order valence-electron chi connectivity index (χ4n) is 2.43. The lowest BCUT2D eigenvalue weighted by molar-refractivity contribution is 0.103. The molecule has 0 atom stereocenters. The number of nitrogen functional groups attached to an aromatic ring is 1. The fourth-order valence-corrected chi connectivity index (χ4v) is 2.65. The SMILES string of the molecule is CCCOc1c(C(=O)c2ccccc2N)cc(Cl)cc1C(C)C. The van der Waals surface area contributed by atoms with Gasteiger partial charge in [0.25, 0.3) is 0 Å². The zero-order chi connectivity index (χ0) is 17.0. The number of hydrogen-bond donors (Lipinski definition) is 1. The summed E-state index contributed by atoms with van der Waals surface area (Å²) in [5.41, 5.74) is 8.26. The zero-order valence-electron chi connectivity index (χ0n) is 13.7. The number of ether oxygens (including phenoxy) is 1. The Balaban J connectivity index is 2.60. The third-order valence-electron chi connectivity index (χ3n) is 3.61. The van der Waals surface area contributed by atoms with Crippen molar-refractivity contribution in [2.24, 2.45) is 0 Å². The van der Waals surface area contributed by atoms with Gasteiger partial charge in [-0.2, -0.15) is 0 Å². The van der Waals surface area contributed by atoms with Crippen molar-refractivity contribution in [3.05, 3.63) is 58.1 Å². The highest BCUT2D eigenvalue weighted by atomic mass is 35.5. The van der Waals surface area contributed by atoms with E-state index in [1.807, 2.05) is 13.0 Å². The second-order valence-electron chi connectivity index (χ2n) is 5.79. The average Bonchev–Trinajstić information content (AvgIpc) is 2.52. The van der Waals surface area contributed by atoms with Gasteiger partial charge in [0.05, 0.1) is 12.2 Å². The molecule has 0 fully saturated rings. The minimum Gasteiger partial charge on any atom is -0.493 e. The average molecular weight is 332 g/mol. The summed E-state index contributed by atoms with van der Waals surface area (Å²) in [6.07, 6.45) is 0.862. The first-order chi connectivity index (χ1) is 11.0. The second kappa shape index (κ2) is 7.51. The molecule has 0 unspecified atom stereocenters. The summed E-state index contributed by atoms with van der Waals surface area (Å²) in [6.45, 7) is 6.68. The molecular formula is C19H22ClNO2. The molecule has 2 aromatic carbocycles. The van der Waals surface area contributed by atoms with Gasteiger partial charge in [-0.25, -0.2) is 0 Å². The molecule has 0 radical (unpaired) electrons. The highest BCUT2D eigenvalue weighted by molar-refractivity contribution is 6.31. The monoisotopic (exact) mass is 331 g/mol. The maximum absolute atomic E-state index is 13.0. The molecule has 122 valence electrons. The fraction of sp³-hybridized carbons (Fsp3) is 0.316. The number of rotatable bonds is 6. The number of benzene rings is 2. The van der Waals surface area contributed by atoms with E-state index in [1.54, 1.807) is 30.3 Å². The van der Waals surface area contributed by atoms with E-state index in [0.29, 0.717) is 34.2 Å². The molecule has 0 spiro atoms. The molecule has 2 N–H and O–H groups in total. The van der Waals surface area contributed by atoms with E-state index in [1.165, 1.54) is 0 Å². The molecule has 4 heteroatoms. The van der Waals surface area contributed by atoms with Crippen LogP contribution in [0.1, 0.15) is 54.6 Å². The van der Waals surface area contributed by atoms with Gasteiger partial charge in [-0.05, 0) is 42.2 Å². The molecule has 2 aromatic rings. The van der Waals surface area contributed by atoms with Crippen LogP contribution in [-0.2, 0) is 0 Å². The van der Waals surface area contributed by atoms with Gasteiger partial charge in [0, 0.05) is 16.3 Å². The summed E-state index contributed by atoms with van der Waals surface area (Å²) in [5, 5.41) is 0.524. The summed E-state index contributed by atoms with van der Waals surface area (Å²) in [6, 6.07) is 10.6. The van der Waals surface area contributed by atoms with E-state index in [2.05, 4.69) is 13.8 Å². The van der Waals surface area contributed by atoms with Crippen molar-refractivity contribution in [1.82, 2.24) is 0 Å². The number of carbonyl (C=O) groups is 1.